The van der Waals surface area contributed by atoms with E-state index in [1.807, 2.05) is 25.1 Å². The van der Waals surface area contributed by atoms with Crippen LogP contribution in [0.2, 0.25) is 0 Å². The number of benzene rings is 1. The Morgan fingerprint density at radius 3 is 2.80 bits per heavy atom. The Hall–Kier alpha value is -1.79. The first-order valence-electron chi connectivity index (χ1n) is 7.02. The van der Waals surface area contributed by atoms with Crippen LogP contribution in [0.3, 0.4) is 0 Å². The van der Waals surface area contributed by atoms with Gasteiger partial charge in [-0.3, -0.25) is 4.79 Å². The van der Waals surface area contributed by atoms with Crippen LogP contribution in [0.25, 0.3) is 0 Å². The molecule has 2 rings (SSSR count). The molecule has 1 aromatic rings. The first-order valence-corrected chi connectivity index (χ1v) is 7.02. The molecule has 1 aromatic carbocycles. The number of hydrogen-bond acceptors (Lipinski definition) is 2. The van der Waals surface area contributed by atoms with Crippen molar-refractivity contribution in [1.82, 2.24) is 5.32 Å². The van der Waals surface area contributed by atoms with Crippen LogP contribution in [0.5, 0.6) is 0 Å². The van der Waals surface area contributed by atoms with Gasteiger partial charge in [-0.25, -0.2) is 0 Å². The van der Waals surface area contributed by atoms with Gasteiger partial charge >= 0.3 is 0 Å². The maximum absolute atomic E-state index is 12.3. The van der Waals surface area contributed by atoms with Crippen molar-refractivity contribution >= 4 is 5.91 Å². The normalized spacial score (nSPS) is 18.9. The van der Waals surface area contributed by atoms with E-state index in [4.69, 9.17) is 5.73 Å². The van der Waals surface area contributed by atoms with Crippen LogP contribution >= 0.6 is 0 Å². The molecule has 0 saturated heterocycles. The summed E-state index contributed by atoms with van der Waals surface area (Å²) in [6, 6.07) is 5.70. The Kier molecular flexibility index (Phi) is 4.15. The highest BCUT2D eigenvalue weighted by Crippen LogP contribution is 2.50. The minimum atomic E-state index is -0.0472. The highest BCUT2D eigenvalue weighted by Gasteiger charge is 2.45. The molecule has 20 heavy (non-hydrogen) atoms. The Morgan fingerprint density at radius 2 is 2.20 bits per heavy atom. The molecule has 3 heteroatoms. The van der Waals surface area contributed by atoms with Gasteiger partial charge in [0, 0.05) is 12.1 Å². The molecule has 0 spiro atoms. The third-order valence-electron chi connectivity index (χ3n) is 3.97. The second-order valence-electron chi connectivity index (χ2n) is 6.15. The fourth-order valence-electron chi connectivity index (χ4n) is 2.34. The summed E-state index contributed by atoms with van der Waals surface area (Å²) in [7, 11) is 0. The zero-order chi connectivity index (χ0) is 14.8. The summed E-state index contributed by atoms with van der Waals surface area (Å²) in [4.78, 5) is 12.3. The van der Waals surface area contributed by atoms with Crippen molar-refractivity contribution < 1.29 is 4.79 Å². The predicted molar refractivity (Wildman–Crippen MR) is 81.3 cm³/mol. The summed E-state index contributed by atoms with van der Waals surface area (Å²) in [5.74, 6) is 6.34. The summed E-state index contributed by atoms with van der Waals surface area (Å²) in [6.07, 6.45) is 1.18. The van der Waals surface area contributed by atoms with Crippen molar-refractivity contribution in [3.63, 3.8) is 0 Å². The molecule has 1 aliphatic rings. The summed E-state index contributed by atoms with van der Waals surface area (Å²) < 4.78 is 0. The minimum Gasteiger partial charge on any atom is -0.352 e. The fraction of sp³-hybridized carbons (Fsp3) is 0.471. The van der Waals surface area contributed by atoms with E-state index >= 15 is 0 Å². The van der Waals surface area contributed by atoms with Crippen molar-refractivity contribution in [3.05, 3.63) is 34.9 Å². The molecule has 1 saturated carbocycles. The Bertz CT molecular complexity index is 578. The number of aryl methyl sites for hydroxylation is 1. The lowest BCUT2D eigenvalue weighted by molar-refractivity contribution is 0.0950. The largest absolute Gasteiger partial charge is 0.352 e. The summed E-state index contributed by atoms with van der Waals surface area (Å²) in [5.41, 5.74) is 8.26. The number of carbonyl (C=O) groups excluding carboxylic acids is 1. The van der Waals surface area contributed by atoms with Crippen LogP contribution in [0.1, 0.15) is 41.8 Å². The lowest BCUT2D eigenvalue weighted by Crippen LogP contribution is -2.27. The Balaban J connectivity index is 2.09. The highest BCUT2D eigenvalue weighted by molar-refractivity contribution is 5.96. The number of hydrogen-bond donors (Lipinski definition) is 2. The molecular weight excluding hydrogens is 248 g/mol. The van der Waals surface area contributed by atoms with E-state index in [9.17, 15) is 4.79 Å². The molecule has 0 heterocycles. The van der Waals surface area contributed by atoms with Gasteiger partial charge in [0.25, 0.3) is 5.91 Å². The Morgan fingerprint density at radius 1 is 1.50 bits per heavy atom. The van der Waals surface area contributed by atoms with E-state index in [0.717, 1.165) is 17.7 Å². The maximum Gasteiger partial charge on any atom is 0.252 e. The molecule has 1 fully saturated rings. The van der Waals surface area contributed by atoms with E-state index in [1.165, 1.54) is 6.42 Å². The topological polar surface area (TPSA) is 55.1 Å². The molecule has 3 nitrogen and oxygen atoms in total. The smallest absolute Gasteiger partial charge is 0.252 e. The van der Waals surface area contributed by atoms with Gasteiger partial charge in [0.05, 0.1) is 12.1 Å². The van der Waals surface area contributed by atoms with Gasteiger partial charge in [-0.05, 0) is 42.4 Å². The molecule has 1 unspecified atom stereocenters. The van der Waals surface area contributed by atoms with Crippen molar-refractivity contribution in [1.29, 1.82) is 0 Å². The fourth-order valence-corrected chi connectivity index (χ4v) is 2.34. The molecule has 0 radical (unpaired) electrons. The standard InChI is InChI=1S/C17H22N2O/c1-12-6-7-15(13(9-12)5-4-8-18)16(20)19-11-14-10-17(14,2)3/h6-7,9,14H,8,10-11,18H2,1-3H3,(H,19,20). The summed E-state index contributed by atoms with van der Waals surface area (Å²) in [6.45, 7) is 7.48. The average molecular weight is 270 g/mol. The van der Waals surface area contributed by atoms with Crippen LogP contribution in [0.4, 0.5) is 0 Å². The van der Waals surface area contributed by atoms with Crippen LogP contribution in [-0.2, 0) is 0 Å². The monoisotopic (exact) mass is 270 g/mol. The molecule has 0 bridgehead atoms. The third-order valence-corrected chi connectivity index (χ3v) is 3.97. The molecular formula is C17H22N2O. The van der Waals surface area contributed by atoms with E-state index in [0.29, 0.717) is 23.4 Å². The molecule has 0 aliphatic heterocycles. The lowest BCUT2D eigenvalue weighted by atomic mass is 10.0. The minimum absolute atomic E-state index is 0.0472. The third kappa shape index (κ3) is 3.40. The van der Waals surface area contributed by atoms with Crippen LogP contribution in [0, 0.1) is 30.1 Å². The predicted octanol–water partition coefficient (Wildman–Crippen LogP) is 2.08. The first kappa shape index (κ1) is 14.6. The summed E-state index contributed by atoms with van der Waals surface area (Å²) >= 11 is 0. The summed E-state index contributed by atoms with van der Waals surface area (Å²) in [5, 5.41) is 3.01. The van der Waals surface area contributed by atoms with E-state index in [-0.39, 0.29) is 5.91 Å². The zero-order valence-corrected chi connectivity index (χ0v) is 12.4. The van der Waals surface area contributed by atoms with Gasteiger partial charge < -0.3 is 11.1 Å². The SMILES string of the molecule is Cc1ccc(C(=O)NCC2CC2(C)C)c(C#CCN)c1. The first-order chi connectivity index (χ1) is 9.44. The van der Waals surface area contributed by atoms with Crippen molar-refractivity contribution in [2.45, 2.75) is 27.2 Å². The number of carbonyl (C=O) groups is 1. The number of rotatable bonds is 3. The van der Waals surface area contributed by atoms with E-state index in [1.54, 1.807) is 0 Å². The highest BCUT2D eigenvalue weighted by atomic mass is 16.1. The quantitative estimate of drug-likeness (QED) is 0.826. The maximum atomic E-state index is 12.3. The van der Waals surface area contributed by atoms with Gasteiger partial charge in [0.1, 0.15) is 0 Å². The molecule has 1 atom stereocenters. The van der Waals surface area contributed by atoms with Gasteiger partial charge in [-0.1, -0.05) is 31.8 Å². The zero-order valence-electron chi connectivity index (χ0n) is 12.4. The second-order valence-corrected chi connectivity index (χ2v) is 6.15. The second kappa shape index (κ2) is 5.68. The van der Waals surface area contributed by atoms with Crippen molar-refractivity contribution in [3.8, 4) is 11.8 Å². The van der Waals surface area contributed by atoms with Gasteiger partial charge in [0.2, 0.25) is 0 Å². The molecule has 1 aliphatic carbocycles. The van der Waals surface area contributed by atoms with Gasteiger partial charge in [-0.2, -0.15) is 0 Å². The molecule has 3 N–H and O–H groups in total. The Labute approximate surface area is 120 Å². The lowest BCUT2D eigenvalue weighted by Gasteiger charge is -2.09. The van der Waals surface area contributed by atoms with Crippen LogP contribution in [0.15, 0.2) is 18.2 Å². The average Bonchev–Trinajstić information content (AvgIpc) is 3.01. The van der Waals surface area contributed by atoms with Crippen molar-refractivity contribution in [2.24, 2.45) is 17.1 Å². The molecule has 0 aromatic heterocycles. The van der Waals surface area contributed by atoms with E-state index in [2.05, 4.69) is 31.0 Å². The number of nitrogens with one attached hydrogen (secondary N) is 1. The number of nitrogens with two attached hydrogens (primary N) is 1. The van der Waals surface area contributed by atoms with Crippen molar-refractivity contribution in [2.75, 3.05) is 13.1 Å². The molecule has 1 amide bonds. The van der Waals surface area contributed by atoms with Crippen LogP contribution < -0.4 is 11.1 Å². The van der Waals surface area contributed by atoms with Crippen LogP contribution in [-0.4, -0.2) is 19.0 Å². The van der Waals surface area contributed by atoms with Gasteiger partial charge in [0.15, 0.2) is 0 Å². The molecule has 106 valence electrons. The van der Waals surface area contributed by atoms with E-state index < -0.39 is 0 Å². The van der Waals surface area contributed by atoms with Gasteiger partial charge in [-0.15, -0.1) is 0 Å². The number of amides is 1.